The van der Waals surface area contributed by atoms with Crippen molar-refractivity contribution < 1.29 is 23.7 Å². The summed E-state index contributed by atoms with van der Waals surface area (Å²) in [6.07, 6.45) is 6.08. The molecule has 1 aliphatic carbocycles. The molecule has 0 radical (unpaired) electrons. The number of amides is 1. The van der Waals surface area contributed by atoms with E-state index >= 15 is 0 Å². The van der Waals surface area contributed by atoms with E-state index in [1.54, 1.807) is 17.0 Å². The predicted molar refractivity (Wildman–Crippen MR) is 107 cm³/mol. The summed E-state index contributed by atoms with van der Waals surface area (Å²) in [6, 6.07) is 4.69. The number of hydrogen-bond donors (Lipinski definition) is 3. The van der Waals surface area contributed by atoms with Crippen LogP contribution in [0.4, 0.5) is 4.39 Å². The molecule has 3 rings (SSSR count). The van der Waals surface area contributed by atoms with Crippen molar-refractivity contribution in [3.05, 3.63) is 34.6 Å². The third kappa shape index (κ3) is 5.44. The maximum Gasteiger partial charge on any atom is 0.275 e. The van der Waals surface area contributed by atoms with Gasteiger partial charge in [-0.3, -0.25) is 4.79 Å². The summed E-state index contributed by atoms with van der Waals surface area (Å²) in [6.45, 7) is 5.06. The molecule has 0 aromatic heterocycles. The standard InChI is InChI=1S/C21H31ClFN3O2/c1-25(14-17-18(22)6-5-7-19(17)23)15-20(27)24-16-21(8-3-2-4-9-21)26-10-12-28-13-11-26/h5-7H,2-4,8-16H2,1H3,(H,24,27)/p+2. The molecule has 1 amide bonds. The van der Waals surface area contributed by atoms with E-state index in [2.05, 4.69) is 5.32 Å². The van der Waals surface area contributed by atoms with E-state index in [1.807, 2.05) is 7.05 Å². The fourth-order valence-electron chi connectivity index (χ4n) is 4.70. The van der Waals surface area contributed by atoms with Crippen LogP contribution in [-0.2, 0) is 16.1 Å². The quantitative estimate of drug-likeness (QED) is 0.599. The number of rotatable bonds is 7. The Morgan fingerprint density at radius 2 is 2.00 bits per heavy atom. The molecule has 28 heavy (non-hydrogen) atoms. The Bertz CT molecular complexity index is 641. The van der Waals surface area contributed by atoms with Crippen molar-refractivity contribution in [2.45, 2.75) is 44.2 Å². The fourth-order valence-corrected chi connectivity index (χ4v) is 4.93. The Morgan fingerprint density at radius 1 is 1.29 bits per heavy atom. The fraction of sp³-hybridized carbons (Fsp3) is 0.667. The molecule has 1 aliphatic heterocycles. The zero-order valence-corrected chi connectivity index (χ0v) is 17.5. The van der Waals surface area contributed by atoms with Crippen LogP contribution in [0.25, 0.3) is 0 Å². The summed E-state index contributed by atoms with van der Waals surface area (Å²) in [5.41, 5.74) is 0.608. The van der Waals surface area contributed by atoms with Crippen molar-refractivity contribution in [1.82, 2.24) is 5.32 Å². The van der Waals surface area contributed by atoms with Gasteiger partial charge in [0.05, 0.1) is 37.4 Å². The maximum atomic E-state index is 14.0. The van der Waals surface area contributed by atoms with Crippen molar-refractivity contribution in [2.75, 3.05) is 46.4 Å². The zero-order chi connectivity index (χ0) is 20.0. The van der Waals surface area contributed by atoms with Gasteiger partial charge in [-0.25, -0.2) is 4.39 Å². The summed E-state index contributed by atoms with van der Waals surface area (Å²) >= 11 is 6.11. The number of nitrogens with one attached hydrogen (secondary N) is 3. The number of carbonyl (C=O) groups is 1. The van der Waals surface area contributed by atoms with E-state index in [0.717, 1.165) is 50.6 Å². The molecule has 0 spiro atoms. The monoisotopic (exact) mass is 413 g/mol. The van der Waals surface area contributed by atoms with Crippen LogP contribution in [-0.4, -0.2) is 57.9 Å². The molecular formula is C21H33ClFN3O2+2. The van der Waals surface area contributed by atoms with E-state index in [4.69, 9.17) is 16.3 Å². The normalized spacial score (nSPS) is 21.2. The molecule has 1 saturated heterocycles. The van der Waals surface area contributed by atoms with Crippen molar-refractivity contribution >= 4 is 17.5 Å². The van der Waals surface area contributed by atoms with Gasteiger partial charge in [0, 0.05) is 12.8 Å². The first-order valence-electron chi connectivity index (χ1n) is 10.4. The third-order valence-corrected chi connectivity index (χ3v) is 6.64. The zero-order valence-electron chi connectivity index (χ0n) is 16.8. The van der Waals surface area contributed by atoms with Crippen molar-refractivity contribution in [2.24, 2.45) is 0 Å². The van der Waals surface area contributed by atoms with Gasteiger partial charge in [0.1, 0.15) is 31.0 Å². The largest absolute Gasteiger partial charge is 0.370 e. The van der Waals surface area contributed by atoms with Gasteiger partial charge >= 0.3 is 0 Å². The van der Waals surface area contributed by atoms with E-state index in [9.17, 15) is 9.18 Å². The minimum Gasteiger partial charge on any atom is -0.370 e. The first kappa shape index (κ1) is 21.5. The molecule has 5 nitrogen and oxygen atoms in total. The highest BCUT2D eigenvalue weighted by molar-refractivity contribution is 6.31. The molecule has 156 valence electrons. The first-order chi connectivity index (χ1) is 13.5. The lowest BCUT2D eigenvalue weighted by Gasteiger charge is -2.45. The number of quaternary nitrogens is 2. The number of ether oxygens (including phenoxy) is 1. The average molecular weight is 414 g/mol. The number of halogens is 2. The molecule has 1 saturated carbocycles. The van der Waals surface area contributed by atoms with Crippen LogP contribution < -0.4 is 15.1 Å². The number of likely N-dealkylation sites (N-methyl/N-ethyl adjacent to an activating group) is 1. The SMILES string of the molecule is C[NH+](CC(=O)NCC1([NH+]2CCOCC2)CCCCC1)Cc1c(F)cccc1Cl. The molecule has 1 aromatic carbocycles. The second kappa shape index (κ2) is 10.0. The number of carbonyl (C=O) groups excluding carboxylic acids is 1. The van der Waals surface area contributed by atoms with Crippen molar-refractivity contribution in [3.63, 3.8) is 0 Å². The third-order valence-electron chi connectivity index (χ3n) is 6.28. The topological polar surface area (TPSA) is 47.2 Å². The summed E-state index contributed by atoms with van der Waals surface area (Å²) in [5, 5.41) is 3.60. The molecular weight excluding hydrogens is 381 g/mol. The van der Waals surface area contributed by atoms with Crippen LogP contribution >= 0.6 is 11.6 Å². The smallest absolute Gasteiger partial charge is 0.275 e. The first-order valence-corrected chi connectivity index (χ1v) is 10.8. The highest BCUT2D eigenvalue weighted by atomic mass is 35.5. The van der Waals surface area contributed by atoms with Gasteiger partial charge in [0.2, 0.25) is 0 Å². The van der Waals surface area contributed by atoms with Gasteiger partial charge in [0.25, 0.3) is 5.91 Å². The van der Waals surface area contributed by atoms with E-state index in [-0.39, 0.29) is 17.3 Å². The van der Waals surface area contributed by atoms with Crippen LogP contribution in [0.1, 0.15) is 37.7 Å². The Hall–Kier alpha value is -1.21. The Labute approximate surface area is 172 Å². The highest BCUT2D eigenvalue weighted by Gasteiger charge is 2.42. The van der Waals surface area contributed by atoms with Gasteiger partial charge in [-0.1, -0.05) is 24.1 Å². The summed E-state index contributed by atoms with van der Waals surface area (Å²) < 4.78 is 19.5. The second-order valence-electron chi connectivity index (χ2n) is 8.34. The number of morpholine rings is 1. The number of benzene rings is 1. The number of hydrogen-bond acceptors (Lipinski definition) is 2. The van der Waals surface area contributed by atoms with Gasteiger partial charge in [0.15, 0.2) is 6.54 Å². The maximum absolute atomic E-state index is 14.0. The molecule has 1 unspecified atom stereocenters. The van der Waals surface area contributed by atoms with Crippen LogP contribution in [0.15, 0.2) is 18.2 Å². The van der Waals surface area contributed by atoms with Gasteiger partial charge in [-0.15, -0.1) is 0 Å². The molecule has 0 bridgehead atoms. The summed E-state index contributed by atoms with van der Waals surface area (Å²) in [5.74, 6) is -0.299. The van der Waals surface area contributed by atoms with Crippen LogP contribution in [0.3, 0.4) is 0 Å². The van der Waals surface area contributed by atoms with Crippen molar-refractivity contribution in [3.8, 4) is 0 Å². The highest BCUT2D eigenvalue weighted by Crippen LogP contribution is 2.25. The minimum absolute atomic E-state index is 0.0163. The van der Waals surface area contributed by atoms with Gasteiger partial charge < -0.3 is 19.9 Å². The summed E-state index contributed by atoms with van der Waals surface area (Å²) in [7, 11) is 1.89. The molecule has 2 aliphatic rings. The van der Waals surface area contributed by atoms with Crippen LogP contribution in [0, 0.1) is 5.82 Å². The van der Waals surface area contributed by atoms with Crippen molar-refractivity contribution in [1.29, 1.82) is 0 Å². The lowest BCUT2D eigenvalue weighted by molar-refractivity contribution is -0.960. The lowest BCUT2D eigenvalue weighted by atomic mass is 9.79. The average Bonchev–Trinajstić information content (AvgIpc) is 2.71. The Morgan fingerprint density at radius 3 is 2.68 bits per heavy atom. The second-order valence-corrected chi connectivity index (χ2v) is 8.75. The van der Waals surface area contributed by atoms with Gasteiger partial charge in [-0.2, -0.15) is 0 Å². The van der Waals surface area contributed by atoms with E-state index in [0.29, 0.717) is 23.7 Å². The lowest BCUT2D eigenvalue weighted by Crippen LogP contribution is -3.23. The Balaban J connectivity index is 1.54. The van der Waals surface area contributed by atoms with Gasteiger partial charge in [-0.05, 0) is 25.0 Å². The molecule has 7 heteroatoms. The molecule has 1 heterocycles. The molecule has 2 fully saturated rings. The van der Waals surface area contributed by atoms with E-state index < -0.39 is 0 Å². The van der Waals surface area contributed by atoms with Crippen LogP contribution in [0.5, 0.6) is 0 Å². The summed E-state index contributed by atoms with van der Waals surface area (Å²) in [4.78, 5) is 15.1. The molecule has 1 atom stereocenters. The predicted octanol–water partition coefficient (Wildman–Crippen LogP) is 0.228. The van der Waals surface area contributed by atoms with E-state index in [1.165, 1.54) is 25.3 Å². The van der Waals surface area contributed by atoms with Crippen LogP contribution in [0.2, 0.25) is 5.02 Å². The minimum atomic E-state index is -0.315. The molecule has 1 aromatic rings. The molecule has 3 N–H and O–H groups in total. The Kier molecular flexibility index (Phi) is 7.69.